The predicted octanol–water partition coefficient (Wildman–Crippen LogP) is 3.05. The van der Waals surface area contributed by atoms with Crippen molar-refractivity contribution in [3.05, 3.63) is 39.2 Å². The van der Waals surface area contributed by atoms with Crippen molar-refractivity contribution in [3.8, 4) is 5.75 Å². The fourth-order valence-electron chi connectivity index (χ4n) is 2.25. The van der Waals surface area contributed by atoms with E-state index in [2.05, 4.69) is 0 Å². The van der Waals surface area contributed by atoms with Crippen LogP contribution in [0, 0.1) is 20.8 Å². The van der Waals surface area contributed by atoms with Crippen LogP contribution in [0.25, 0.3) is 11.0 Å². The molecule has 1 aromatic heterocycles. The summed E-state index contributed by atoms with van der Waals surface area (Å²) < 4.78 is 15.9. The maximum absolute atomic E-state index is 11.9. The average Bonchev–Trinajstić information content (AvgIpc) is 2.48. The first-order valence-corrected chi connectivity index (χ1v) is 7.23. The third-order valence-corrected chi connectivity index (χ3v) is 3.75. The Bertz CT molecular complexity index is 773. The Morgan fingerprint density at radius 3 is 2.50 bits per heavy atom. The predicted molar refractivity (Wildman–Crippen MR) is 83.4 cm³/mol. The molecule has 0 unspecified atom stereocenters. The number of rotatable bonds is 4. The van der Waals surface area contributed by atoms with Gasteiger partial charge in [0.25, 0.3) is 0 Å². The molecule has 0 aliphatic heterocycles. The lowest BCUT2D eigenvalue weighted by molar-refractivity contribution is -0.150. The highest BCUT2D eigenvalue weighted by Gasteiger charge is 2.19. The Hall–Kier alpha value is -2.30. The number of hydrogen-bond donors (Lipinski definition) is 0. The van der Waals surface area contributed by atoms with E-state index >= 15 is 0 Å². The minimum atomic E-state index is -0.727. The molecule has 0 bridgehead atoms. The van der Waals surface area contributed by atoms with Crippen molar-refractivity contribution in [2.24, 2.45) is 0 Å². The van der Waals surface area contributed by atoms with Crippen molar-refractivity contribution in [3.63, 3.8) is 0 Å². The van der Waals surface area contributed by atoms with Crippen LogP contribution in [0.3, 0.4) is 0 Å². The first-order chi connectivity index (χ1) is 10.4. The molecule has 0 N–H and O–H groups in total. The first-order valence-electron chi connectivity index (χ1n) is 7.23. The van der Waals surface area contributed by atoms with Gasteiger partial charge in [0.2, 0.25) is 0 Å². The molecular weight excluding hydrogens is 284 g/mol. The molecule has 0 saturated heterocycles. The van der Waals surface area contributed by atoms with Gasteiger partial charge in [-0.25, -0.2) is 9.59 Å². The van der Waals surface area contributed by atoms with Gasteiger partial charge < -0.3 is 13.9 Å². The van der Waals surface area contributed by atoms with E-state index < -0.39 is 12.1 Å². The molecular formula is C17H20O5. The number of esters is 1. The van der Waals surface area contributed by atoms with Gasteiger partial charge in [-0.15, -0.1) is 0 Å². The standard InChI is InChI=1S/C17H20O5/c1-6-20-17(19)12(5)21-14-8-7-13-9(2)10(3)16(18)22-15(13)11(14)4/h7-8,12H,6H2,1-5H3/t12-/m1/s1. The molecule has 1 atom stereocenters. The second-order valence-electron chi connectivity index (χ2n) is 5.22. The van der Waals surface area contributed by atoms with Gasteiger partial charge in [-0.3, -0.25) is 0 Å². The second kappa shape index (κ2) is 6.22. The molecule has 0 amide bonds. The van der Waals surface area contributed by atoms with Gasteiger partial charge in [-0.2, -0.15) is 0 Å². The third-order valence-electron chi connectivity index (χ3n) is 3.75. The Morgan fingerprint density at radius 2 is 1.86 bits per heavy atom. The normalized spacial score (nSPS) is 12.2. The Labute approximate surface area is 128 Å². The molecule has 22 heavy (non-hydrogen) atoms. The van der Waals surface area contributed by atoms with E-state index in [0.29, 0.717) is 29.1 Å². The number of carbonyl (C=O) groups is 1. The summed E-state index contributed by atoms with van der Waals surface area (Å²) in [5.41, 5.74) is 2.30. The number of benzene rings is 1. The SMILES string of the molecule is CCOC(=O)[C@@H](C)Oc1ccc2c(C)c(C)c(=O)oc2c1C. The van der Waals surface area contributed by atoms with Gasteiger partial charge in [0.05, 0.1) is 6.61 Å². The van der Waals surface area contributed by atoms with Crippen molar-refractivity contribution in [1.82, 2.24) is 0 Å². The molecule has 0 fully saturated rings. The summed E-state index contributed by atoms with van der Waals surface area (Å²) >= 11 is 0. The minimum absolute atomic E-state index is 0.302. The van der Waals surface area contributed by atoms with Crippen LogP contribution in [0.2, 0.25) is 0 Å². The van der Waals surface area contributed by atoms with E-state index in [0.717, 1.165) is 10.9 Å². The molecule has 0 saturated carbocycles. The molecule has 2 aromatic rings. The molecule has 0 radical (unpaired) electrons. The maximum atomic E-state index is 11.9. The average molecular weight is 304 g/mol. The highest BCUT2D eigenvalue weighted by Crippen LogP contribution is 2.29. The van der Waals surface area contributed by atoms with Crippen molar-refractivity contribution < 1.29 is 18.7 Å². The van der Waals surface area contributed by atoms with Crippen molar-refractivity contribution in [1.29, 1.82) is 0 Å². The van der Waals surface area contributed by atoms with E-state index in [1.165, 1.54) is 0 Å². The molecule has 118 valence electrons. The maximum Gasteiger partial charge on any atom is 0.347 e. The zero-order valence-corrected chi connectivity index (χ0v) is 13.5. The lowest BCUT2D eigenvalue weighted by Gasteiger charge is -2.16. The minimum Gasteiger partial charge on any atom is -0.479 e. The summed E-state index contributed by atoms with van der Waals surface area (Å²) in [6.07, 6.45) is -0.727. The largest absolute Gasteiger partial charge is 0.479 e. The summed E-state index contributed by atoms with van der Waals surface area (Å²) in [7, 11) is 0. The van der Waals surface area contributed by atoms with Gasteiger partial charge >= 0.3 is 11.6 Å². The highest BCUT2D eigenvalue weighted by molar-refractivity contribution is 5.85. The van der Waals surface area contributed by atoms with Gasteiger partial charge in [0, 0.05) is 16.5 Å². The lowest BCUT2D eigenvalue weighted by atomic mass is 10.0. The summed E-state index contributed by atoms with van der Waals surface area (Å²) in [5.74, 6) is 0.0722. The van der Waals surface area contributed by atoms with Gasteiger partial charge in [-0.1, -0.05) is 0 Å². The fourth-order valence-corrected chi connectivity index (χ4v) is 2.25. The topological polar surface area (TPSA) is 65.7 Å². The summed E-state index contributed by atoms with van der Waals surface area (Å²) in [6, 6.07) is 3.61. The monoisotopic (exact) mass is 304 g/mol. The van der Waals surface area contributed by atoms with E-state index in [-0.39, 0.29) is 5.63 Å². The molecule has 0 aliphatic carbocycles. The lowest BCUT2D eigenvalue weighted by Crippen LogP contribution is -2.26. The van der Waals surface area contributed by atoms with Crippen LogP contribution >= 0.6 is 0 Å². The van der Waals surface area contributed by atoms with Crippen molar-refractivity contribution >= 4 is 16.9 Å². The smallest absolute Gasteiger partial charge is 0.347 e. The van der Waals surface area contributed by atoms with Gasteiger partial charge in [0.15, 0.2) is 6.10 Å². The van der Waals surface area contributed by atoms with Crippen LogP contribution in [0.4, 0.5) is 0 Å². The third kappa shape index (κ3) is 2.84. The second-order valence-corrected chi connectivity index (χ2v) is 5.22. The van der Waals surface area contributed by atoms with Crippen molar-refractivity contribution in [2.45, 2.75) is 40.7 Å². The van der Waals surface area contributed by atoms with E-state index in [4.69, 9.17) is 13.9 Å². The summed E-state index contributed by atoms with van der Waals surface area (Å²) in [5, 5.41) is 0.866. The molecule has 0 spiro atoms. The van der Waals surface area contributed by atoms with Crippen LogP contribution < -0.4 is 10.4 Å². The molecule has 1 aromatic carbocycles. The van der Waals surface area contributed by atoms with Crippen molar-refractivity contribution in [2.75, 3.05) is 6.61 Å². The summed E-state index contributed by atoms with van der Waals surface area (Å²) in [6.45, 7) is 9.09. The summed E-state index contributed by atoms with van der Waals surface area (Å²) in [4.78, 5) is 23.5. The Kier molecular flexibility index (Phi) is 4.54. The number of ether oxygens (including phenoxy) is 2. The molecule has 1 heterocycles. The quantitative estimate of drug-likeness (QED) is 0.641. The molecule has 2 rings (SSSR count). The van der Waals surface area contributed by atoms with Crippen LogP contribution in [-0.4, -0.2) is 18.7 Å². The van der Waals surface area contributed by atoms with Crippen LogP contribution in [0.15, 0.2) is 21.3 Å². The zero-order valence-electron chi connectivity index (χ0n) is 13.5. The number of hydrogen-bond acceptors (Lipinski definition) is 5. The first kappa shape index (κ1) is 16.1. The fraction of sp³-hybridized carbons (Fsp3) is 0.412. The van der Waals surface area contributed by atoms with Crippen LogP contribution in [-0.2, 0) is 9.53 Å². The van der Waals surface area contributed by atoms with E-state index in [9.17, 15) is 9.59 Å². The number of fused-ring (bicyclic) bond motifs is 1. The molecule has 5 heteroatoms. The van der Waals surface area contributed by atoms with Gasteiger partial charge in [-0.05, 0) is 52.3 Å². The van der Waals surface area contributed by atoms with Gasteiger partial charge in [0.1, 0.15) is 11.3 Å². The number of aryl methyl sites for hydroxylation is 2. The zero-order chi connectivity index (χ0) is 16.4. The molecule has 0 aliphatic rings. The van der Waals surface area contributed by atoms with Crippen LogP contribution in [0.1, 0.15) is 30.5 Å². The van der Waals surface area contributed by atoms with E-state index in [1.54, 1.807) is 33.8 Å². The Balaban J connectivity index is 2.46. The van der Waals surface area contributed by atoms with Crippen LogP contribution in [0.5, 0.6) is 5.75 Å². The Morgan fingerprint density at radius 1 is 1.18 bits per heavy atom. The van der Waals surface area contributed by atoms with E-state index in [1.807, 2.05) is 13.0 Å². The molecule has 5 nitrogen and oxygen atoms in total. The highest BCUT2D eigenvalue weighted by atomic mass is 16.6. The number of carbonyl (C=O) groups excluding carboxylic acids is 1.